The molecular formula is C26H29Br2N3O5. The van der Waals surface area contributed by atoms with Gasteiger partial charge in [-0.1, -0.05) is 29.3 Å². The van der Waals surface area contributed by atoms with Crippen LogP contribution in [0.15, 0.2) is 49.2 Å². The van der Waals surface area contributed by atoms with Crippen LogP contribution in [0.4, 0.5) is 0 Å². The van der Waals surface area contributed by atoms with Crippen molar-refractivity contribution in [3.8, 4) is 11.5 Å². The maximum absolute atomic E-state index is 13.3. The van der Waals surface area contributed by atoms with Crippen LogP contribution in [-0.2, 0) is 16.0 Å². The number of carbonyl (C=O) groups excluding carboxylic acids is 1. The third-order valence-corrected chi connectivity index (χ3v) is 6.20. The molecular weight excluding hydrogens is 594 g/mol. The van der Waals surface area contributed by atoms with Crippen LogP contribution in [0.2, 0.25) is 0 Å². The Morgan fingerprint density at radius 1 is 1.14 bits per heavy atom. The predicted octanol–water partition coefficient (Wildman–Crippen LogP) is 5.88. The molecule has 0 aliphatic rings. The molecule has 0 fully saturated rings. The molecule has 10 heteroatoms. The minimum atomic E-state index is -0.469. The fourth-order valence-corrected chi connectivity index (χ4v) is 4.18. The lowest BCUT2D eigenvalue weighted by Gasteiger charge is -2.14. The third-order valence-electron chi connectivity index (χ3n) is 5.02. The van der Waals surface area contributed by atoms with Gasteiger partial charge in [0.05, 0.1) is 29.8 Å². The summed E-state index contributed by atoms with van der Waals surface area (Å²) >= 11 is 6.95. The summed E-state index contributed by atoms with van der Waals surface area (Å²) in [6, 6.07) is 8.88. The molecule has 0 radical (unpaired) electrons. The lowest BCUT2D eigenvalue weighted by molar-refractivity contribution is -0.149. The first-order valence-electron chi connectivity index (χ1n) is 11.8. The van der Waals surface area contributed by atoms with E-state index in [0.717, 1.165) is 17.3 Å². The molecule has 0 saturated heterocycles. The topological polar surface area (TPSA) is 92.0 Å². The summed E-state index contributed by atoms with van der Waals surface area (Å²) < 4.78 is 19.3. The number of aryl methyl sites for hydroxylation is 1. The zero-order valence-corrected chi connectivity index (χ0v) is 23.9. The van der Waals surface area contributed by atoms with E-state index < -0.39 is 5.97 Å². The molecule has 0 unspecified atom stereocenters. The first kappa shape index (κ1) is 27.9. The summed E-state index contributed by atoms with van der Waals surface area (Å²) in [5.41, 5.74) is 1.06. The van der Waals surface area contributed by atoms with Crippen molar-refractivity contribution < 1.29 is 19.0 Å². The molecule has 0 N–H and O–H groups in total. The Bertz CT molecular complexity index is 1320. The Balaban J connectivity index is 1.98. The Morgan fingerprint density at radius 3 is 2.58 bits per heavy atom. The zero-order valence-electron chi connectivity index (χ0n) is 20.7. The zero-order chi connectivity index (χ0) is 26.2. The molecule has 36 heavy (non-hydrogen) atoms. The molecule has 0 amide bonds. The molecule has 8 nitrogen and oxygen atoms in total. The van der Waals surface area contributed by atoms with Gasteiger partial charge in [0.25, 0.3) is 5.56 Å². The standard InChI is InChI=1S/C26H29Br2N3O5/c1-5-7-8-24-30-21-10-9-18(27)12-19(21)26(33)31(24)29-14-17-11-22(34-6-2)23(13-20(17)28)35-15-25(32)36-16(3)4/h9-14,16H,5-8,15H2,1-4H3. The number of aromatic nitrogens is 2. The lowest BCUT2D eigenvalue weighted by atomic mass is 10.2. The van der Waals surface area contributed by atoms with Crippen molar-refractivity contribution >= 4 is 54.9 Å². The fourth-order valence-electron chi connectivity index (χ4n) is 3.39. The van der Waals surface area contributed by atoms with Crippen molar-refractivity contribution in [2.75, 3.05) is 13.2 Å². The minimum absolute atomic E-state index is 0.228. The maximum Gasteiger partial charge on any atom is 0.344 e. The van der Waals surface area contributed by atoms with Crippen molar-refractivity contribution in [3.05, 3.63) is 61.0 Å². The summed E-state index contributed by atoms with van der Waals surface area (Å²) in [5.74, 6) is 0.958. The summed E-state index contributed by atoms with van der Waals surface area (Å²) in [6.07, 6.45) is 3.82. The smallest absolute Gasteiger partial charge is 0.344 e. The molecule has 192 valence electrons. The summed E-state index contributed by atoms with van der Waals surface area (Å²) in [4.78, 5) is 29.9. The van der Waals surface area contributed by atoms with Crippen molar-refractivity contribution in [1.82, 2.24) is 9.66 Å². The van der Waals surface area contributed by atoms with Crippen LogP contribution in [-0.4, -0.2) is 41.2 Å². The van der Waals surface area contributed by atoms with Gasteiger partial charge in [-0.2, -0.15) is 9.78 Å². The van der Waals surface area contributed by atoms with E-state index in [-0.39, 0.29) is 18.3 Å². The van der Waals surface area contributed by atoms with Crippen LogP contribution < -0.4 is 15.0 Å². The highest BCUT2D eigenvalue weighted by Gasteiger charge is 2.15. The van der Waals surface area contributed by atoms with Gasteiger partial charge in [-0.15, -0.1) is 0 Å². The van der Waals surface area contributed by atoms with Gasteiger partial charge in [-0.25, -0.2) is 9.78 Å². The summed E-state index contributed by atoms with van der Waals surface area (Å²) in [5, 5.41) is 4.99. The fraction of sp³-hybridized carbons (Fsp3) is 0.385. The SMILES string of the molecule is CCCCc1nc2ccc(Br)cc2c(=O)n1N=Cc1cc(OCC)c(OCC(=O)OC(C)C)cc1Br. The van der Waals surface area contributed by atoms with Gasteiger partial charge in [-0.3, -0.25) is 4.79 Å². The quantitative estimate of drug-likeness (QED) is 0.196. The Kier molecular flexibility index (Phi) is 10.1. The van der Waals surface area contributed by atoms with Crippen molar-refractivity contribution in [2.45, 2.75) is 53.1 Å². The van der Waals surface area contributed by atoms with Gasteiger partial charge in [0.2, 0.25) is 0 Å². The average Bonchev–Trinajstić information content (AvgIpc) is 2.83. The second-order valence-corrected chi connectivity index (χ2v) is 10.0. The predicted molar refractivity (Wildman–Crippen MR) is 147 cm³/mol. The van der Waals surface area contributed by atoms with Crippen LogP contribution in [0, 0.1) is 0 Å². The van der Waals surface area contributed by atoms with Gasteiger partial charge in [-0.05, 0) is 73.5 Å². The Labute approximate surface area is 226 Å². The largest absolute Gasteiger partial charge is 0.490 e. The highest BCUT2D eigenvalue weighted by atomic mass is 79.9. The minimum Gasteiger partial charge on any atom is -0.490 e. The summed E-state index contributed by atoms with van der Waals surface area (Å²) in [7, 11) is 0. The van der Waals surface area contributed by atoms with Crippen LogP contribution in [0.3, 0.4) is 0 Å². The number of nitrogens with zero attached hydrogens (tertiary/aromatic N) is 3. The van der Waals surface area contributed by atoms with Gasteiger partial charge < -0.3 is 14.2 Å². The lowest BCUT2D eigenvalue weighted by Crippen LogP contribution is -2.22. The Hall–Kier alpha value is -2.72. The number of esters is 1. The van der Waals surface area contributed by atoms with Crippen molar-refractivity contribution in [1.29, 1.82) is 0 Å². The van der Waals surface area contributed by atoms with Gasteiger partial charge in [0.15, 0.2) is 18.1 Å². The normalized spacial score (nSPS) is 11.4. The molecule has 1 aromatic heterocycles. The van der Waals surface area contributed by atoms with Crippen LogP contribution in [0.5, 0.6) is 11.5 Å². The molecule has 1 heterocycles. The highest BCUT2D eigenvalue weighted by Crippen LogP contribution is 2.33. The van der Waals surface area contributed by atoms with E-state index in [2.05, 4.69) is 43.9 Å². The third kappa shape index (κ3) is 7.16. The van der Waals surface area contributed by atoms with Gasteiger partial charge in [0.1, 0.15) is 5.82 Å². The summed E-state index contributed by atoms with van der Waals surface area (Å²) in [6.45, 7) is 7.64. The maximum atomic E-state index is 13.3. The number of carbonyl (C=O) groups is 1. The van der Waals surface area contributed by atoms with E-state index in [1.807, 2.05) is 19.1 Å². The number of ether oxygens (including phenoxy) is 3. The van der Waals surface area contributed by atoms with Crippen molar-refractivity contribution in [2.24, 2.45) is 5.10 Å². The first-order valence-corrected chi connectivity index (χ1v) is 13.4. The average molecular weight is 623 g/mol. The van der Waals surface area contributed by atoms with E-state index in [4.69, 9.17) is 19.2 Å². The molecule has 0 spiro atoms. The first-order chi connectivity index (χ1) is 17.2. The van der Waals surface area contributed by atoms with Crippen molar-refractivity contribution in [3.63, 3.8) is 0 Å². The molecule has 3 aromatic rings. The van der Waals surface area contributed by atoms with E-state index in [0.29, 0.717) is 51.3 Å². The van der Waals surface area contributed by atoms with E-state index in [1.54, 1.807) is 38.3 Å². The molecule has 0 saturated carbocycles. The number of halogens is 2. The number of hydrogen-bond acceptors (Lipinski definition) is 7. The second kappa shape index (κ2) is 13.0. The molecule has 3 rings (SSSR count). The van der Waals surface area contributed by atoms with Gasteiger partial charge in [0, 0.05) is 20.9 Å². The highest BCUT2D eigenvalue weighted by molar-refractivity contribution is 9.10. The van der Waals surface area contributed by atoms with E-state index in [1.165, 1.54) is 4.68 Å². The Morgan fingerprint density at radius 2 is 1.89 bits per heavy atom. The van der Waals surface area contributed by atoms with Crippen LogP contribution >= 0.6 is 31.9 Å². The number of benzene rings is 2. The molecule has 0 atom stereocenters. The molecule has 2 aromatic carbocycles. The second-order valence-electron chi connectivity index (χ2n) is 8.24. The van der Waals surface area contributed by atoms with E-state index >= 15 is 0 Å². The molecule has 0 bridgehead atoms. The molecule has 0 aliphatic heterocycles. The van der Waals surface area contributed by atoms with E-state index in [9.17, 15) is 9.59 Å². The number of rotatable bonds is 11. The van der Waals surface area contributed by atoms with Crippen LogP contribution in [0.1, 0.15) is 51.9 Å². The number of unbranched alkanes of at least 4 members (excludes halogenated alkanes) is 1. The molecule has 0 aliphatic carbocycles. The number of fused-ring (bicyclic) bond motifs is 1. The van der Waals surface area contributed by atoms with Gasteiger partial charge >= 0.3 is 5.97 Å². The number of hydrogen-bond donors (Lipinski definition) is 0. The monoisotopic (exact) mass is 621 g/mol. The van der Waals surface area contributed by atoms with Crippen LogP contribution in [0.25, 0.3) is 10.9 Å².